The second kappa shape index (κ2) is 7.22. The molecule has 0 atom stereocenters. The SMILES string of the molecule is NC(=O)c1sc2nc(N3CCN(c4ccccc4)CC3)c3c(c2c1N)CCCC3. The molecule has 1 amide bonds. The number of amides is 1. The van der Waals surface area contributed by atoms with Crippen molar-refractivity contribution in [3.05, 3.63) is 46.3 Å². The molecule has 0 saturated carbocycles. The predicted octanol–water partition coefficient (Wildman–Crippen LogP) is 3.18. The number of pyridine rings is 1. The normalized spacial score (nSPS) is 16.8. The van der Waals surface area contributed by atoms with E-state index in [2.05, 4.69) is 40.1 Å². The summed E-state index contributed by atoms with van der Waals surface area (Å²) in [5, 5.41) is 0.963. The number of nitrogens with zero attached hydrogens (tertiary/aromatic N) is 3. The zero-order valence-electron chi connectivity index (χ0n) is 16.4. The fourth-order valence-corrected chi connectivity index (χ4v) is 5.63. The summed E-state index contributed by atoms with van der Waals surface area (Å²) in [7, 11) is 0. The molecule has 6 nitrogen and oxygen atoms in total. The standard InChI is InChI=1S/C22H25N5OS/c23-18-17-15-8-4-5-9-16(15)21(25-22(17)29-19(18)20(24)28)27-12-10-26(11-13-27)14-6-2-1-3-7-14/h1-3,6-7H,4-5,8-13,23H2,(H2,24,28). The van der Waals surface area contributed by atoms with Gasteiger partial charge in [0.1, 0.15) is 15.5 Å². The number of carbonyl (C=O) groups is 1. The summed E-state index contributed by atoms with van der Waals surface area (Å²) in [4.78, 5) is 23.0. The molecule has 2 aromatic heterocycles. The van der Waals surface area contributed by atoms with E-state index < -0.39 is 5.91 Å². The number of anilines is 3. The van der Waals surface area contributed by atoms with E-state index in [1.165, 1.54) is 34.6 Å². The number of fused-ring (bicyclic) bond motifs is 3. The van der Waals surface area contributed by atoms with E-state index in [9.17, 15) is 4.79 Å². The third-order valence-corrected chi connectivity index (χ3v) is 7.21. The summed E-state index contributed by atoms with van der Waals surface area (Å²) < 4.78 is 0. The second-order valence-electron chi connectivity index (χ2n) is 7.80. The monoisotopic (exact) mass is 407 g/mol. The highest BCUT2D eigenvalue weighted by atomic mass is 32.1. The van der Waals surface area contributed by atoms with Crippen molar-refractivity contribution in [2.24, 2.45) is 5.73 Å². The third-order valence-electron chi connectivity index (χ3n) is 6.10. The minimum Gasteiger partial charge on any atom is -0.397 e. The van der Waals surface area contributed by atoms with E-state index in [0.717, 1.165) is 61.5 Å². The number of para-hydroxylation sites is 1. The topological polar surface area (TPSA) is 88.5 Å². The van der Waals surface area contributed by atoms with Gasteiger partial charge in [0.2, 0.25) is 0 Å². The summed E-state index contributed by atoms with van der Waals surface area (Å²) in [6.45, 7) is 3.81. The van der Waals surface area contributed by atoms with Crippen molar-refractivity contribution in [2.45, 2.75) is 25.7 Å². The molecule has 3 heterocycles. The molecule has 29 heavy (non-hydrogen) atoms. The molecule has 150 valence electrons. The van der Waals surface area contributed by atoms with E-state index in [0.29, 0.717) is 10.6 Å². The van der Waals surface area contributed by atoms with Gasteiger partial charge in [-0.3, -0.25) is 4.79 Å². The highest BCUT2D eigenvalue weighted by molar-refractivity contribution is 7.21. The minimum atomic E-state index is -0.465. The molecule has 0 bridgehead atoms. The maximum atomic E-state index is 11.8. The number of thiophene rings is 1. The fourth-order valence-electron chi connectivity index (χ4n) is 4.65. The van der Waals surface area contributed by atoms with Gasteiger partial charge in [-0.1, -0.05) is 18.2 Å². The molecule has 0 radical (unpaired) electrons. The van der Waals surface area contributed by atoms with Gasteiger partial charge in [-0.25, -0.2) is 4.98 Å². The number of primary amides is 1. The number of carbonyl (C=O) groups excluding carboxylic acids is 1. The van der Waals surface area contributed by atoms with Crippen LogP contribution in [0.2, 0.25) is 0 Å². The first kappa shape index (κ1) is 18.2. The van der Waals surface area contributed by atoms with Crippen LogP contribution in [0, 0.1) is 0 Å². The first-order valence-corrected chi connectivity index (χ1v) is 11.0. The maximum Gasteiger partial charge on any atom is 0.260 e. The van der Waals surface area contributed by atoms with Gasteiger partial charge < -0.3 is 21.3 Å². The van der Waals surface area contributed by atoms with Gasteiger partial charge in [-0.05, 0) is 48.9 Å². The number of rotatable bonds is 3. The van der Waals surface area contributed by atoms with Crippen LogP contribution < -0.4 is 21.3 Å². The number of aryl methyl sites for hydroxylation is 1. The number of benzene rings is 1. The minimum absolute atomic E-state index is 0.436. The third kappa shape index (κ3) is 3.09. The Bertz CT molecular complexity index is 1070. The Labute approximate surface area is 174 Å². The van der Waals surface area contributed by atoms with Gasteiger partial charge in [0.15, 0.2) is 0 Å². The van der Waals surface area contributed by atoms with Crippen LogP contribution in [-0.2, 0) is 12.8 Å². The quantitative estimate of drug-likeness (QED) is 0.696. The molecular weight excluding hydrogens is 382 g/mol. The lowest BCUT2D eigenvalue weighted by molar-refractivity contribution is 0.100. The lowest BCUT2D eigenvalue weighted by atomic mass is 9.89. The van der Waals surface area contributed by atoms with Crippen molar-refractivity contribution in [1.82, 2.24) is 4.98 Å². The summed E-state index contributed by atoms with van der Waals surface area (Å²) >= 11 is 1.33. The van der Waals surface area contributed by atoms with Crippen molar-refractivity contribution in [2.75, 3.05) is 41.7 Å². The lowest BCUT2D eigenvalue weighted by Gasteiger charge is -2.38. The molecular formula is C22H25N5OS. The van der Waals surface area contributed by atoms with E-state index in [1.54, 1.807) is 0 Å². The number of hydrogen-bond acceptors (Lipinski definition) is 6. The van der Waals surface area contributed by atoms with Crippen LogP contribution in [0.4, 0.5) is 17.2 Å². The second-order valence-corrected chi connectivity index (χ2v) is 8.80. The molecule has 1 fully saturated rings. The van der Waals surface area contributed by atoms with Crippen LogP contribution >= 0.6 is 11.3 Å². The van der Waals surface area contributed by atoms with Gasteiger partial charge in [0, 0.05) is 37.3 Å². The Morgan fingerprint density at radius 1 is 0.966 bits per heavy atom. The van der Waals surface area contributed by atoms with Crippen LogP contribution in [0.3, 0.4) is 0 Å². The highest BCUT2D eigenvalue weighted by Gasteiger charge is 2.28. The van der Waals surface area contributed by atoms with E-state index in [4.69, 9.17) is 16.5 Å². The Balaban J connectivity index is 1.51. The van der Waals surface area contributed by atoms with Crippen LogP contribution in [-0.4, -0.2) is 37.1 Å². The average molecular weight is 408 g/mol. The zero-order chi connectivity index (χ0) is 20.0. The van der Waals surface area contributed by atoms with Crippen molar-refractivity contribution < 1.29 is 4.79 Å². The number of piperazine rings is 1. The van der Waals surface area contributed by atoms with Gasteiger partial charge in [0.05, 0.1) is 5.69 Å². The number of nitrogen functional groups attached to an aromatic ring is 1. The molecule has 0 unspecified atom stereocenters. The summed E-state index contributed by atoms with van der Waals surface area (Å²) in [6, 6.07) is 10.6. The predicted molar refractivity (Wildman–Crippen MR) is 120 cm³/mol. The molecule has 1 saturated heterocycles. The summed E-state index contributed by atoms with van der Waals surface area (Å²) in [6.07, 6.45) is 4.33. The smallest absolute Gasteiger partial charge is 0.260 e. The summed E-state index contributed by atoms with van der Waals surface area (Å²) in [5.41, 5.74) is 16.3. The van der Waals surface area contributed by atoms with E-state index in [-0.39, 0.29) is 0 Å². The molecule has 1 aromatic carbocycles. The van der Waals surface area contributed by atoms with Crippen molar-refractivity contribution in [3.8, 4) is 0 Å². The van der Waals surface area contributed by atoms with Gasteiger partial charge in [-0.15, -0.1) is 11.3 Å². The number of nitrogens with two attached hydrogens (primary N) is 2. The molecule has 1 aliphatic carbocycles. The van der Waals surface area contributed by atoms with Gasteiger partial charge in [0.25, 0.3) is 5.91 Å². The van der Waals surface area contributed by atoms with Gasteiger partial charge in [-0.2, -0.15) is 0 Å². The molecule has 4 N–H and O–H groups in total. The first-order valence-electron chi connectivity index (χ1n) is 10.2. The Morgan fingerprint density at radius 3 is 2.31 bits per heavy atom. The van der Waals surface area contributed by atoms with Crippen molar-refractivity contribution in [3.63, 3.8) is 0 Å². The molecule has 0 spiro atoms. The van der Waals surface area contributed by atoms with Crippen LogP contribution in [0.5, 0.6) is 0 Å². The van der Waals surface area contributed by atoms with Crippen LogP contribution in [0.15, 0.2) is 30.3 Å². The molecule has 1 aliphatic heterocycles. The molecule has 7 heteroatoms. The zero-order valence-corrected chi connectivity index (χ0v) is 17.2. The summed E-state index contributed by atoms with van der Waals surface area (Å²) in [5.74, 6) is 0.616. The Kier molecular flexibility index (Phi) is 4.54. The van der Waals surface area contributed by atoms with Crippen molar-refractivity contribution >= 4 is 44.7 Å². The Hall–Kier alpha value is -2.80. The van der Waals surface area contributed by atoms with Crippen molar-refractivity contribution in [1.29, 1.82) is 0 Å². The highest BCUT2D eigenvalue weighted by Crippen LogP contribution is 2.42. The lowest BCUT2D eigenvalue weighted by Crippen LogP contribution is -2.47. The molecule has 3 aromatic rings. The van der Waals surface area contributed by atoms with Crippen LogP contribution in [0.1, 0.15) is 33.6 Å². The van der Waals surface area contributed by atoms with Crippen LogP contribution in [0.25, 0.3) is 10.2 Å². The number of hydrogen-bond donors (Lipinski definition) is 2. The van der Waals surface area contributed by atoms with Gasteiger partial charge >= 0.3 is 0 Å². The fraction of sp³-hybridized carbons (Fsp3) is 0.364. The average Bonchev–Trinajstić information content (AvgIpc) is 3.11. The molecule has 2 aliphatic rings. The molecule has 5 rings (SSSR count). The first-order chi connectivity index (χ1) is 14.1. The van der Waals surface area contributed by atoms with E-state index >= 15 is 0 Å². The Morgan fingerprint density at radius 2 is 1.62 bits per heavy atom. The maximum absolute atomic E-state index is 11.8. The largest absolute Gasteiger partial charge is 0.397 e. The van der Waals surface area contributed by atoms with E-state index in [1.807, 2.05) is 0 Å². The number of aromatic nitrogens is 1.